The van der Waals surface area contributed by atoms with Crippen molar-refractivity contribution >= 4 is 23.2 Å². The molecule has 2 aliphatic rings. The molecule has 4 rings (SSSR count). The number of nitrogens with zero attached hydrogens (tertiary/aromatic N) is 2. The van der Waals surface area contributed by atoms with Crippen LogP contribution >= 0.6 is 0 Å². The van der Waals surface area contributed by atoms with E-state index in [0.29, 0.717) is 22.6 Å². The summed E-state index contributed by atoms with van der Waals surface area (Å²) in [6.45, 7) is 0.797. The van der Waals surface area contributed by atoms with Crippen LogP contribution in [0.4, 0.5) is 11.4 Å². The van der Waals surface area contributed by atoms with Crippen molar-refractivity contribution in [2.75, 3.05) is 30.9 Å². The average Bonchev–Trinajstić information content (AvgIpc) is 3.16. The van der Waals surface area contributed by atoms with Gasteiger partial charge in [-0.25, -0.2) is 0 Å². The number of fused-ring (bicyclic) bond motifs is 2. The van der Waals surface area contributed by atoms with E-state index in [9.17, 15) is 9.59 Å². The minimum absolute atomic E-state index is 0.0559. The second-order valence-corrected chi connectivity index (χ2v) is 6.65. The number of nitrogens with one attached hydrogen (secondary N) is 1. The molecule has 6 heteroatoms. The maximum Gasteiger partial charge on any atom is 0.257 e. The average molecular weight is 351 g/mol. The highest BCUT2D eigenvalue weighted by atomic mass is 16.5. The normalized spacial score (nSPS) is 18.4. The Kier molecular flexibility index (Phi) is 4.03. The van der Waals surface area contributed by atoms with E-state index in [1.807, 2.05) is 30.1 Å². The number of amides is 2. The molecule has 2 amide bonds. The molecule has 0 radical (unpaired) electrons. The van der Waals surface area contributed by atoms with Crippen LogP contribution in [-0.4, -0.2) is 43.6 Å². The van der Waals surface area contributed by atoms with Crippen LogP contribution in [0.2, 0.25) is 0 Å². The molecule has 1 N–H and O–H groups in total. The summed E-state index contributed by atoms with van der Waals surface area (Å²) < 4.78 is 5.18. The summed E-state index contributed by atoms with van der Waals surface area (Å²) in [4.78, 5) is 29.3. The third kappa shape index (κ3) is 2.67. The zero-order chi connectivity index (χ0) is 18.3. The van der Waals surface area contributed by atoms with Crippen molar-refractivity contribution in [1.82, 2.24) is 4.90 Å². The van der Waals surface area contributed by atoms with E-state index in [-0.39, 0.29) is 18.0 Å². The van der Waals surface area contributed by atoms with Crippen molar-refractivity contribution in [1.29, 1.82) is 0 Å². The SMILES string of the molecule is COc1cccc(NC(=O)c2ccc3c(c2)N(C)[C@@H]2CCCN2C3=O)c1. The minimum atomic E-state index is -0.212. The second kappa shape index (κ2) is 6.37. The Bertz CT molecular complexity index is 880. The number of methoxy groups -OCH3 is 1. The van der Waals surface area contributed by atoms with E-state index in [2.05, 4.69) is 10.2 Å². The lowest BCUT2D eigenvalue weighted by atomic mass is 10.0. The molecular weight excluding hydrogens is 330 g/mol. The maximum absolute atomic E-state index is 12.7. The Balaban J connectivity index is 1.61. The first kappa shape index (κ1) is 16.4. The zero-order valence-electron chi connectivity index (χ0n) is 14.9. The molecule has 0 bridgehead atoms. The number of rotatable bonds is 3. The fourth-order valence-electron chi connectivity index (χ4n) is 3.75. The lowest BCUT2D eigenvalue weighted by Gasteiger charge is -2.40. The van der Waals surface area contributed by atoms with Crippen LogP contribution in [-0.2, 0) is 0 Å². The van der Waals surface area contributed by atoms with E-state index >= 15 is 0 Å². The number of benzene rings is 2. The molecule has 2 aliphatic heterocycles. The highest BCUT2D eigenvalue weighted by molar-refractivity contribution is 6.08. The molecule has 2 heterocycles. The van der Waals surface area contributed by atoms with E-state index in [1.54, 1.807) is 31.4 Å². The number of hydrogen-bond acceptors (Lipinski definition) is 4. The summed E-state index contributed by atoms with van der Waals surface area (Å²) in [5, 5.41) is 2.88. The van der Waals surface area contributed by atoms with Gasteiger partial charge in [0.05, 0.1) is 18.4 Å². The molecule has 134 valence electrons. The predicted octanol–water partition coefficient (Wildman–Crippen LogP) is 2.96. The lowest BCUT2D eigenvalue weighted by molar-refractivity contribution is 0.0719. The van der Waals surface area contributed by atoms with Crippen LogP contribution in [0.15, 0.2) is 42.5 Å². The van der Waals surface area contributed by atoms with Crippen molar-refractivity contribution < 1.29 is 14.3 Å². The molecule has 2 aromatic carbocycles. The van der Waals surface area contributed by atoms with Crippen molar-refractivity contribution in [2.24, 2.45) is 0 Å². The minimum Gasteiger partial charge on any atom is -0.497 e. The van der Waals surface area contributed by atoms with Gasteiger partial charge >= 0.3 is 0 Å². The van der Waals surface area contributed by atoms with Gasteiger partial charge in [-0.3, -0.25) is 9.59 Å². The number of carbonyl (C=O) groups excluding carboxylic acids is 2. The molecule has 0 aliphatic carbocycles. The fourth-order valence-corrected chi connectivity index (χ4v) is 3.75. The molecule has 26 heavy (non-hydrogen) atoms. The Labute approximate surface area is 152 Å². The molecule has 1 saturated heterocycles. The van der Waals surface area contributed by atoms with Crippen LogP contribution < -0.4 is 15.0 Å². The van der Waals surface area contributed by atoms with Gasteiger partial charge < -0.3 is 19.9 Å². The number of carbonyl (C=O) groups is 2. The summed E-state index contributed by atoms with van der Waals surface area (Å²) >= 11 is 0. The third-order valence-electron chi connectivity index (χ3n) is 5.13. The summed E-state index contributed by atoms with van der Waals surface area (Å²) in [5.41, 5.74) is 2.66. The van der Waals surface area contributed by atoms with Gasteiger partial charge in [0.1, 0.15) is 11.9 Å². The largest absolute Gasteiger partial charge is 0.497 e. The molecule has 0 saturated carbocycles. The topological polar surface area (TPSA) is 61.9 Å². The summed E-state index contributed by atoms with van der Waals surface area (Å²) in [7, 11) is 3.57. The first-order valence-corrected chi connectivity index (χ1v) is 8.72. The van der Waals surface area contributed by atoms with Gasteiger partial charge in [-0.15, -0.1) is 0 Å². The van der Waals surface area contributed by atoms with Crippen molar-refractivity contribution in [3.05, 3.63) is 53.6 Å². The first-order chi connectivity index (χ1) is 12.6. The van der Waals surface area contributed by atoms with Gasteiger partial charge in [0.2, 0.25) is 0 Å². The number of ether oxygens (including phenoxy) is 1. The van der Waals surface area contributed by atoms with E-state index in [4.69, 9.17) is 4.74 Å². The zero-order valence-corrected chi connectivity index (χ0v) is 14.9. The van der Waals surface area contributed by atoms with Crippen molar-refractivity contribution in [2.45, 2.75) is 19.0 Å². The van der Waals surface area contributed by atoms with Crippen LogP contribution in [0.1, 0.15) is 33.6 Å². The fraction of sp³-hybridized carbons (Fsp3) is 0.300. The number of hydrogen-bond donors (Lipinski definition) is 1. The Hall–Kier alpha value is -3.02. The summed E-state index contributed by atoms with van der Waals surface area (Å²) in [6, 6.07) is 12.5. The molecule has 0 spiro atoms. The molecular formula is C20H21N3O3. The van der Waals surface area contributed by atoms with Gasteiger partial charge in [0, 0.05) is 30.9 Å². The lowest BCUT2D eigenvalue weighted by Crippen LogP contribution is -2.50. The maximum atomic E-state index is 12.7. The van der Waals surface area contributed by atoms with Crippen LogP contribution in [0.3, 0.4) is 0 Å². The van der Waals surface area contributed by atoms with Crippen LogP contribution in [0, 0.1) is 0 Å². The molecule has 0 aromatic heterocycles. The molecule has 1 atom stereocenters. The molecule has 2 aromatic rings. The molecule has 1 fully saturated rings. The van der Waals surface area contributed by atoms with Gasteiger partial charge in [-0.1, -0.05) is 6.07 Å². The molecule has 0 unspecified atom stereocenters. The first-order valence-electron chi connectivity index (χ1n) is 8.72. The van der Waals surface area contributed by atoms with Crippen molar-refractivity contribution in [3.8, 4) is 5.75 Å². The smallest absolute Gasteiger partial charge is 0.257 e. The van der Waals surface area contributed by atoms with Gasteiger partial charge in [0.15, 0.2) is 0 Å². The Morgan fingerprint density at radius 3 is 2.88 bits per heavy atom. The number of anilines is 2. The van der Waals surface area contributed by atoms with E-state index < -0.39 is 0 Å². The van der Waals surface area contributed by atoms with Crippen molar-refractivity contribution in [3.63, 3.8) is 0 Å². The second-order valence-electron chi connectivity index (χ2n) is 6.65. The predicted molar refractivity (Wildman–Crippen MR) is 99.9 cm³/mol. The van der Waals surface area contributed by atoms with E-state index in [0.717, 1.165) is 25.1 Å². The highest BCUT2D eigenvalue weighted by Crippen LogP contribution is 2.35. The Morgan fingerprint density at radius 1 is 1.23 bits per heavy atom. The molecule has 6 nitrogen and oxygen atoms in total. The van der Waals surface area contributed by atoms with Gasteiger partial charge in [-0.2, -0.15) is 0 Å². The van der Waals surface area contributed by atoms with Gasteiger partial charge in [-0.05, 0) is 43.2 Å². The monoisotopic (exact) mass is 351 g/mol. The van der Waals surface area contributed by atoms with Gasteiger partial charge in [0.25, 0.3) is 11.8 Å². The highest BCUT2D eigenvalue weighted by Gasteiger charge is 2.38. The summed E-state index contributed by atoms with van der Waals surface area (Å²) in [5.74, 6) is 0.524. The van der Waals surface area contributed by atoms with Crippen LogP contribution in [0.5, 0.6) is 5.75 Å². The quantitative estimate of drug-likeness (QED) is 0.924. The standard InChI is InChI=1S/C20H21N3O3/c1-22-17-11-13(19(24)21-14-5-3-6-15(12-14)26-2)8-9-16(17)20(25)23-10-4-7-18(22)23/h3,5-6,8-9,11-12,18H,4,7,10H2,1-2H3,(H,21,24)/t18-/m0/s1. The summed E-state index contributed by atoms with van der Waals surface area (Å²) in [6.07, 6.45) is 2.06. The van der Waals surface area contributed by atoms with E-state index in [1.165, 1.54) is 0 Å². The van der Waals surface area contributed by atoms with Crippen LogP contribution in [0.25, 0.3) is 0 Å². The third-order valence-corrected chi connectivity index (χ3v) is 5.13. The Morgan fingerprint density at radius 2 is 2.08 bits per heavy atom.